The van der Waals surface area contributed by atoms with Gasteiger partial charge in [-0.1, -0.05) is 12.1 Å². The summed E-state index contributed by atoms with van der Waals surface area (Å²) < 4.78 is 41.5. The molecule has 34 heavy (non-hydrogen) atoms. The molecule has 2 aromatic rings. The van der Waals surface area contributed by atoms with Gasteiger partial charge in [-0.2, -0.15) is 0 Å². The molecule has 9 nitrogen and oxygen atoms in total. The highest BCUT2D eigenvalue weighted by Gasteiger charge is 2.54. The average Bonchev–Trinajstić information content (AvgIpc) is 3.10. The molecule has 10 heteroatoms. The molecule has 0 bridgehead atoms. The van der Waals surface area contributed by atoms with Gasteiger partial charge in [-0.15, -0.1) is 0 Å². The molecule has 4 rings (SSSR count). The highest BCUT2D eigenvalue weighted by molar-refractivity contribution is 7.92. The molecular formula is C24H33N3O6S. The monoisotopic (exact) mass is 491 g/mol. The Morgan fingerprint density at radius 2 is 1.97 bits per heavy atom. The zero-order chi connectivity index (χ0) is 24.7. The van der Waals surface area contributed by atoms with Crippen LogP contribution in [0.2, 0.25) is 0 Å². The van der Waals surface area contributed by atoms with E-state index in [4.69, 9.17) is 15.2 Å². The Hall–Kier alpha value is -2.43. The molecule has 0 radical (unpaired) electrons. The number of nitrogens with two attached hydrogens (primary N) is 1. The Balaban J connectivity index is 1.80. The summed E-state index contributed by atoms with van der Waals surface area (Å²) in [6.07, 6.45) is 2.59. The second-order valence-electron chi connectivity index (χ2n) is 9.94. The number of hydrogen-bond acceptors (Lipinski definition) is 7. The van der Waals surface area contributed by atoms with E-state index in [0.29, 0.717) is 36.7 Å². The lowest BCUT2D eigenvalue weighted by molar-refractivity contribution is -0.0367. The average molecular weight is 492 g/mol. The van der Waals surface area contributed by atoms with Gasteiger partial charge in [0.05, 0.1) is 11.1 Å². The molecule has 1 aromatic heterocycles. The van der Waals surface area contributed by atoms with E-state index in [1.54, 1.807) is 36.6 Å². The third kappa shape index (κ3) is 4.58. The van der Waals surface area contributed by atoms with Gasteiger partial charge in [-0.3, -0.25) is 4.79 Å². The molecular weight excluding hydrogens is 458 g/mol. The van der Waals surface area contributed by atoms with E-state index in [9.17, 15) is 18.0 Å². The van der Waals surface area contributed by atoms with Crippen molar-refractivity contribution in [3.63, 3.8) is 0 Å². The van der Waals surface area contributed by atoms with Crippen molar-refractivity contribution in [2.45, 2.75) is 74.5 Å². The molecule has 2 fully saturated rings. The number of carbonyl (C=O) groups is 1. The highest BCUT2D eigenvalue weighted by atomic mass is 32.2. The van der Waals surface area contributed by atoms with Crippen LogP contribution in [-0.4, -0.2) is 48.8 Å². The summed E-state index contributed by atoms with van der Waals surface area (Å²) in [5.74, 6) is -0.474. The van der Waals surface area contributed by atoms with E-state index < -0.39 is 43.9 Å². The van der Waals surface area contributed by atoms with Crippen LogP contribution < -0.4 is 16.5 Å². The number of nitrogens with one attached hydrogen (secondary N) is 1. The summed E-state index contributed by atoms with van der Waals surface area (Å²) >= 11 is 0. The number of para-hydroxylation sites is 1. The van der Waals surface area contributed by atoms with Crippen molar-refractivity contribution >= 4 is 26.8 Å². The van der Waals surface area contributed by atoms with Gasteiger partial charge < -0.3 is 25.1 Å². The Bertz CT molecular complexity index is 1250. The van der Waals surface area contributed by atoms with Gasteiger partial charge >= 0.3 is 6.09 Å². The van der Waals surface area contributed by atoms with Crippen molar-refractivity contribution in [3.05, 3.63) is 40.7 Å². The maximum absolute atomic E-state index is 14.0. The van der Waals surface area contributed by atoms with Gasteiger partial charge in [-0.25, -0.2) is 13.2 Å². The summed E-state index contributed by atoms with van der Waals surface area (Å²) in [5, 5.41) is 3.64. The molecule has 2 aliphatic rings. The number of hydrogen-bond donors (Lipinski definition) is 2. The maximum Gasteiger partial charge on any atom is 0.405 e. The fourth-order valence-corrected chi connectivity index (χ4v) is 7.43. The van der Waals surface area contributed by atoms with Crippen LogP contribution in [0.3, 0.4) is 0 Å². The van der Waals surface area contributed by atoms with Crippen LogP contribution in [0.15, 0.2) is 40.2 Å². The number of nitrogens with zero attached hydrogens (tertiary/aromatic N) is 1. The van der Waals surface area contributed by atoms with Crippen LogP contribution in [0.25, 0.3) is 10.9 Å². The maximum atomic E-state index is 14.0. The van der Waals surface area contributed by atoms with Gasteiger partial charge in [0, 0.05) is 24.0 Å². The van der Waals surface area contributed by atoms with Crippen molar-refractivity contribution in [3.8, 4) is 0 Å². The SMILES string of the molecule is CCn1cc(S(=O)(=O)[C@H]2OC3(CCNCC3)C[C@H]2CC(C)(C)OC(N)=O)c(=O)c2ccccc21. The number of rotatable bonds is 6. The molecule has 2 aliphatic heterocycles. The first-order valence-corrected chi connectivity index (χ1v) is 13.3. The predicted molar refractivity (Wildman–Crippen MR) is 128 cm³/mol. The lowest BCUT2D eigenvalue weighted by Gasteiger charge is -2.33. The van der Waals surface area contributed by atoms with Gasteiger partial charge in [-0.05, 0) is 71.7 Å². The number of sulfone groups is 1. The molecule has 186 valence electrons. The van der Waals surface area contributed by atoms with Crippen LogP contribution in [0.1, 0.15) is 46.5 Å². The number of pyridine rings is 1. The van der Waals surface area contributed by atoms with Crippen molar-refractivity contribution in [2.24, 2.45) is 11.7 Å². The summed E-state index contributed by atoms with van der Waals surface area (Å²) in [7, 11) is -4.17. The number of benzene rings is 1. The van der Waals surface area contributed by atoms with Crippen LogP contribution in [0.5, 0.6) is 0 Å². The minimum atomic E-state index is -4.17. The largest absolute Gasteiger partial charge is 0.444 e. The quantitative estimate of drug-likeness (QED) is 0.635. The lowest BCUT2D eigenvalue weighted by Crippen LogP contribution is -2.42. The Kier molecular flexibility index (Phi) is 6.52. The van der Waals surface area contributed by atoms with Crippen molar-refractivity contribution < 1.29 is 22.7 Å². The summed E-state index contributed by atoms with van der Waals surface area (Å²) in [5.41, 5.74) is 2.59. The molecule has 1 aromatic carbocycles. The highest BCUT2D eigenvalue weighted by Crippen LogP contribution is 2.47. The first-order chi connectivity index (χ1) is 16.0. The van der Waals surface area contributed by atoms with Gasteiger partial charge in [0.2, 0.25) is 15.3 Å². The summed E-state index contributed by atoms with van der Waals surface area (Å²) in [4.78, 5) is 24.5. The van der Waals surface area contributed by atoms with Crippen LogP contribution in [0, 0.1) is 5.92 Å². The third-order valence-corrected chi connectivity index (χ3v) is 8.94. The van der Waals surface area contributed by atoms with E-state index >= 15 is 0 Å². The van der Waals surface area contributed by atoms with Crippen molar-refractivity contribution in [2.75, 3.05) is 13.1 Å². The molecule has 3 N–H and O–H groups in total. The van der Waals surface area contributed by atoms with Crippen molar-refractivity contribution in [1.29, 1.82) is 0 Å². The molecule has 3 heterocycles. The van der Waals surface area contributed by atoms with Crippen molar-refractivity contribution in [1.82, 2.24) is 9.88 Å². The second-order valence-corrected chi connectivity index (χ2v) is 11.9. The minimum Gasteiger partial charge on any atom is -0.444 e. The smallest absolute Gasteiger partial charge is 0.405 e. The second kappa shape index (κ2) is 8.98. The van der Waals surface area contributed by atoms with Crippen LogP contribution in [0.4, 0.5) is 4.79 Å². The standard InChI is InChI=1S/C24H33N3O6S/c1-4-27-15-19(20(28)17-7-5-6-8-18(17)27)34(30,31)21-16(13-23(2,3)33-22(25)29)14-24(32-21)9-11-26-12-10-24/h5-8,15-16,21,26H,4,9-14H2,1-3H3,(H2,25,29)/t16-,21-/m1/s1. The zero-order valence-corrected chi connectivity index (χ0v) is 20.7. The molecule has 0 saturated carbocycles. The minimum absolute atomic E-state index is 0.241. The number of amides is 1. The normalized spacial score (nSPS) is 22.8. The Morgan fingerprint density at radius 3 is 2.62 bits per heavy atom. The predicted octanol–water partition coefficient (Wildman–Crippen LogP) is 2.54. The molecule has 0 unspecified atom stereocenters. The van der Waals surface area contributed by atoms with E-state index in [2.05, 4.69) is 5.32 Å². The fraction of sp³-hybridized carbons (Fsp3) is 0.583. The number of fused-ring (bicyclic) bond motifs is 1. The van der Waals surface area contributed by atoms with Gasteiger partial charge in [0.25, 0.3) is 0 Å². The number of aromatic nitrogens is 1. The van der Waals surface area contributed by atoms with E-state index in [0.717, 1.165) is 13.1 Å². The molecule has 1 spiro atoms. The Labute approximate surface area is 199 Å². The van der Waals surface area contributed by atoms with E-state index in [-0.39, 0.29) is 11.3 Å². The number of carbonyl (C=O) groups excluding carboxylic acids is 1. The summed E-state index contributed by atoms with van der Waals surface area (Å²) in [6, 6.07) is 7.00. The van der Waals surface area contributed by atoms with E-state index in [1.807, 2.05) is 13.0 Å². The molecule has 2 atom stereocenters. The third-order valence-electron chi connectivity index (χ3n) is 6.94. The first kappa shape index (κ1) is 24.7. The van der Waals surface area contributed by atoms with Crippen LogP contribution >= 0.6 is 0 Å². The number of ether oxygens (including phenoxy) is 2. The van der Waals surface area contributed by atoms with E-state index in [1.165, 1.54) is 6.20 Å². The van der Waals surface area contributed by atoms with Gasteiger partial charge in [0.1, 0.15) is 10.5 Å². The summed E-state index contributed by atoms with van der Waals surface area (Å²) in [6.45, 7) is 7.26. The molecule has 2 saturated heterocycles. The molecule has 1 amide bonds. The number of primary amides is 1. The Morgan fingerprint density at radius 1 is 1.29 bits per heavy atom. The molecule has 0 aliphatic carbocycles. The fourth-order valence-electron chi connectivity index (χ4n) is 5.51. The number of aryl methyl sites for hydroxylation is 1. The lowest BCUT2D eigenvalue weighted by atomic mass is 9.82. The van der Waals surface area contributed by atoms with Crippen LogP contribution in [-0.2, 0) is 25.9 Å². The zero-order valence-electron chi connectivity index (χ0n) is 19.9. The topological polar surface area (TPSA) is 130 Å². The number of piperidine rings is 1. The first-order valence-electron chi connectivity index (χ1n) is 11.7. The van der Waals surface area contributed by atoms with Gasteiger partial charge in [0.15, 0.2) is 5.44 Å².